The zero-order valence-corrected chi connectivity index (χ0v) is 18.7. The van der Waals surface area contributed by atoms with Crippen LogP contribution in [0, 0.1) is 0 Å². The molecule has 0 saturated carbocycles. The standard InChI is InChI=1S/3C3H8O2.2C2H3F3O3S/c3*4-2-1-3-5;2*3-1-2(4,5)9(6,7)8/h3*4-5H,1-3H2;2*1H2,(H,6,7,8). The average Bonchev–Trinajstić information content (AvgIpc) is 2.70. The van der Waals surface area contributed by atoms with E-state index in [0.717, 1.165) is 0 Å². The molecule has 0 bridgehead atoms. The van der Waals surface area contributed by atoms with Crippen LogP contribution in [-0.4, -0.2) is 120 Å². The van der Waals surface area contributed by atoms with Gasteiger partial charge < -0.3 is 30.6 Å². The van der Waals surface area contributed by atoms with Gasteiger partial charge in [-0.2, -0.15) is 34.4 Å². The van der Waals surface area contributed by atoms with Crippen molar-refractivity contribution in [3.05, 3.63) is 0 Å². The van der Waals surface area contributed by atoms with Crippen molar-refractivity contribution in [1.82, 2.24) is 0 Å². The van der Waals surface area contributed by atoms with Gasteiger partial charge in [-0.15, -0.1) is 0 Å². The van der Waals surface area contributed by atoms with Crippen molar-refractivity contribution in [3.63, 3.8) is 0 Å². The maximum atomic E-state index is 11.4. The van der Waals surface area contributed by atoms with Crippen LogP contribution >= 0.6 is 0 Å². The van der Waals surface area contributed by atoms with Crippen LogP contribution in [0.15, 0.2) is 0 Å². The molecule has 0 saturated heterocycles. The number of aliphatic hydroxyl groups is 6. The van der Waals surface area contributed by atoms with Gasteiger partial charge in [0.1, 0.15) is 0 Å². The first-order chi connectivity index (χ1) is 14.9. The molecule has 33 heavy (non-hydrogen) atoms. The Morgan fingerprint density at radius 2 is 0.636 bits per heavy atom. The summed E-state index contributed by atoms with van der Waals surface area (Å²) in [6.45, 7) is -4.26. The lowest BCUT2D eigenvalue weighted by atomic mass is 10.5. The van der Waals surface area contributed by atoms with Crippen molar-refractivity contribution in [2.45, 2.75) is 29.8 Å². The molecule has 0 aromatic heterocycles. The van der Waals surface area contributed by atoms with E-state index in [1.807, 2.05) is 0 Å². The molecule has 0 amide bonds. The number of hydrogen-bond donors (Lipinski definition) is 8. The van der Waals surface area contributed by atoms with Gasteiger partial charge in [-0.1, -0.05) is 0 Å². The van der Waals surface area contributed by atoms with E-state index < -0.39 is 44.1 Å². The summed E-state index contributed by atoms with van der Waals surface area (Å²) in [7, 11) is -11.1. The van der Waals surface area contributed by atoms with Crippen LogP contribution in [-0.2, 0) is 20.2 Å². The zero-order chi connectivity index (χ0) is 27.8. The topological polar surface area (TPSA) is 230 Å². The van der Waals surface area contributed by atoms with Crippen molar-refractivity contribution in [2.24, 2.45) is 0 Å². The predicted molar refractivity (Wildman–Crippen MR) is 101 cm³/mol. The lowest BCUT2D eigenvalue weighted by molar-refractivity contribution is 0.0526. The Balaban J connectivity index is -0.000000102. The normalized spacial score (nSPS) is 11.3. The fourth-order valence-corrected chi connectivity index (χ4v) is 0.626. The second kappa shape index (κ2) is 24.3. The number of rotatable bonds is 10. The summed E-state index contributed by atoms with van der Waals surface area (Å²) < 4.78 is 121. The van der Waals surface area contributed by atoms with Gasteiger partial charge in [0.25, 0.3) is 0 Å². The monoisotopic (exact) mass is 556 g/mol. The summed E-state index contributed by atoms with van der Waals surface area (Å²) in [6, 6.07) is 0. The van der Waals surface area contributed by atoms with Gasteiger partial charge in [0, 0.05) is 39.6 Å². The minimum Gasteiger partial charge on any atom is -0.396 e. The number of hydrogen-bond acceptors (Lipinski definition) is 10. The third-order valence-electron chi connectivity index (χ3n) is 2.01. The summed E-state index contributed by atoms with van der Waals surface area (Å²) in [6.07, 6.45) is 1.50. The van der Waals surface area contributed by atoms with Gasteiger partial charge in [0.2, 0.25) is 0 Å². The molecule has 0 heterocycles. The van der Waals surface area contributed by atoms with Crippen LogP contribution < -0.4 is 0 Å². The van der Waals surface area contributed by atoms with Crippen molar-refractivity contribution in [1.29, 1.82) is 0 Å². The quantitative estimate of drug-likeness (QED) is 0.119. The lowest BCUT2D eigenvalue weighted by Crippen LogP contribution is -2.30. The van der Waals surface area contributed by atoms with Crippen molar-refractivity contribution < 1.29 is 82.9 Å². The third-order valence-corrected chi connectivity index (χ3v) is 3.74. The SMILES string of the molecule is O=S(=O)(O)C(F)(F)CF.O=S(=O)(O)C(F)(F)CF.OCCCO.OCCCO.OCCCO. The zero-order valence-electron chi connectivity index (χ0n) is 17.1. The van der Waals surface area contributed by atoms with Crippen molar-refractivity contribution >= 4 is 20.2 Å². The maximum Gasteiger partial charge on any atom is 0.397 e. The van der Waals surface area contributed by atoms with Crippen molar-refractivity contribution in [3.8, 4) is 0 Å². The highest BCUT2D eigenvalue weighted by Gasteiger charge is 2.44. The van der Waals surface area contributed by atoms with E-state index in [4.69, 9.17) is 39.7 Å². The fraction of sp³-hybridized carbons (Fsp3) is 1.00. The Morgan fingerprint density at radius 3 is 0.636 bits per heavy atom. The second-order valence-electron chi connectivity index (χ2n) is 4.89. The predicted octanol–water partition coefficient (Wildman–Crippen LogP) is -1.04. The molecule has 8 N–H and O–H groups in total. The molecule has 0 aliphatic rings. The largest absolute Gasteiger partial charge is 0.397 e. The summed E-state index contributed by atoms with van der Waals surface area (Å²) >= 11 is 0. The number of aliphatic hydroxyl groups excluding tert-OH is 6. The Morgan fingerprint density at radius 1 is 0.485 bits per heavy atom. The Labute approximate surface area is 186 Å². The van der Waals surface area contributed by atoms with Crippen LogP contribution in [0.1, 0.15) is 19.3 Å². The van der Waals surface area contributed by atoms with Crippen LogP contribution in [0.4, 0.5) is 26.3 Å². The van der Waals surface area contributed by atoms with E-state index in [1.54, 1.807) is 0 Å². The molecule has 0 radical (unpaired) electrons. The van der Waals surface area contributed by atoms with Gasteiger partial charge in [-0.25, -0.2) is 8.78 Å². The van der Waals surface area contributed by atoms with Gasteiger partial charge in [-0.05, 0) is 19.3 Å². The summed E-state index contributed by atoms with van der Waals surface area (Å²) in [5.74, 6) is 0. The maximum absolute atomic E-state index is 11.4. The van der Waals surface area contributed by atoms with E-state index in [2.05, 4.69) is 0 Å². The summed E-state index contributed by atoms with van der Waals surface area (Å²) in [5.41, 5.74) is 0. The molecule has 20 heteroatoms. The Hall–Kier alpha value is -0.840. The highest BCUT2D eigenvalue weighted by Crippen LogP contribution is 2.20. The first-order valence-corrected chi connectivity index (χ1v) is 11.2. The summed E-state index contributed by atoms with van der Waals surface area (Å²) in [4.78, 5) is 0. The van der Waals surface area contributed by atoms with Gasteiger partial charge >= 0.3 is 30.7 Å². The third kappa shape index (κ3) is 31.2. The molecule has 0 aromatic rings. The van der Waals surface area contributed by atoms with Crippen LogP contribution in [0.3, 0.4) is 0 Å². The first kappa shape index (κ1) is 42.3. The summed E-state index contributed by atoms with van der Waals surface area (Å²) in [5, 5.41) is 38.1. The van der Waals surface area contributed by atoms with Crippen molar-refractivity contribution in [2.75, 3.05) is 53.0 Å². The van der Waals surface area contributed by atoms with E-state index >= 15 is 0 Å². The van der Waals surface area contributed by atoms with Crippen LogP contribution in [0.5, 0.6) is 0 Å². The van der Waals surface area contributed by atoms with E-state index in [9.17, 15) is 43.2 Å². The minimum absolute atomic E-state index is 0.0938. The minimum atomic E-state index is -5.56. The molecule has 12 nitrogen and oxygen atoms in total. The molecule has 0 fully saturated rings. The highest BCUT2D eigenvalue weighted by molar-refractivity contribution is 7.87. The average molecular weight is 556 g/mol. The number of alkyl halides is 6. The van der Waals surface area contributed by atoms with Gasteiger partial charge in [-0.3, -0.25) is 9.11 Å². The Bertz CT molecular complexity index is 541. The molecule has 0 spiro atoms. The molecular formula is C13H30F6O12S2. The van der Waals surface area contributed by atoms with Crippen LogP contribution in [0.25, 0.3) is 0 Å². The molecule has 0 unspecified atom stereocenters. The van der Waals surface area contributed by atoms with Gasteiger partial charge in [0.05, 0.1) is 0 Å². The van der Waals surface area contributed by atoms with E-state index in [-0.39, 0.29) is 39.6 Å². The molecule has 208 valence electrons. The molecular weight excluding hydrogens is 526 g/mol. The van der Waals surface area contributed by atoms with E-state index in [1.165, 1.54) is 0 Å². The lowest BCUT2D eigenvalue weighted by Gasteiger charge is -2.05. The molecule has 0 aliphatic heterocycles. The van der Waals surface area contributed by atoms with E-state index in [0.29, 0.717) is 19.3 Å². The van der Waals surface area contributed by atoms with Crippen LogP contribution in [0.2, 0.25) is 0 Å². The smallest absolute Gasteiger partial charge is 0.396 e. The number of halogens is 6. The second-order valence-corrected chi connectivity index (χ2v) is 7.99. The first-order valence-electron chi connectivity index (χ1n) is 8.33. The molecule has 0 aromatic carbocycles. The fourth-order valence-electron chi connectivity index (χ4n) is 0.350. The highest BCUT2D eigenvalue weighted by atomic mass is 32.2. The molecule has 0 atom stereocenters. The molecule has 0 rings (SSSR count). The Kier molecular flexibility index (Phi) is 31.2. The molecule has 0 aliphatic carbocycles. The van der Waals surface area contributed by atoms with Gasteiger partial charge in [0.15, 0.2) is 13.3 Å².